The average molecular weight is 257 g/mol. The van der Waals surface area contributed by atoms with Crippen LogP contribution in [-0.2, 0) is 6.42 Å². The predicted octanol–water partition coefficient (Wildman–Crippen LogP) is 3.15. The summed E-state index contributed by atoms with van der Waals surface area (Å²) < 4.78 is 5.47. The van der Waals surface area contributed by atoms with E-state index in [1.807, 2.05) is 37.3 Å². The van der Waals surface area contributed by atoms with E-state index in [-0.39, 0.29) is 0 Å². The number of aliphatic hydroxyl groups excluding tert-OH is 1. The second-order valence-electron chi connectivity index (χ2n) is 4.42. The molecule has 0 aliphatic carbocycles. The number of aliphatic hydroxyl groups is 1. The van der Waals surface area contributed by atoms with Crippen molar-refractivity contribution in [1.82, 2.24) is 4.98 Å². The fourth-order valence-corrected chi connectivity index (χ4v) is 2.00. The van der Waals surface area contributed by atoms with Gasteiger partial charge in [0.15, 0.2) is 0 Å². The van der Waals surface area contributed by atoms with Gasteiger partial charge in [-0.1, -0.05) is 18.2 Å². The van der Waals surface area contributed by atoms with Gasteiger partial charge in [0.2, 0.25) is 0 Å². The maximum Gasteiger partial charge on any atom is 0.119 e. The van der Waals surface area contributed by atoms with Gasteiger partial charge >= 0.3 is 0 Å². The normalized spacial score (nSPS) is 12.1. The number of aryl methyl sites for hydroxylation is 1. The van der Waals surface area contributed by atoms with Crippen molar-refractivity contribution in [2.75, 3.05) is 6.61 Å². The summed E-state index contributed by atoms with van der Waals surface area (Å²) in [6.45, 7) is 2.64. The zero-order chi connectivity index (χ0) is 13.5. The molecule has 0 bridgehead atoms. The number of pyridine rings is 1. The molecule has 1 N–H and O–H groups in total. The Balaban J connectivity index is 1.93. The lowest BCUT2D eigenvalue weighted by atomic mass is 10.0. The Labute approximate surface area is 113 Å². The Kier molecular flexibility index (Phi) is 4.93. The first-order valence-corrected chi connectivity index (χ1v) is 6.59. The molecule has 0 aliphatic rings. The Morgan fingerprint density at radius 1 is 1.26 bits per heavy atom. The summed E-state index contributed by atoms with van der Waals surface area (Å²) in [5, 5.41) is 10.1. The minimum absolute atomic E-state index is 0.468. The van der Waals surface area contributed by atoms with Crippen molar-refractivity contribution >= 4 is 0 Å². The molecule has 0 aliphatic heterocycles. The molecule has 1 aromatic heterocycles. The topological polar surface area (TPSA) is 42.4 Å². The third-order valence-electron chi connectivity index (χ3n) is 2.99. The maximum atomic E-state index is 10.1. The van der Waals surface area contributed by atoms with Crippen molar-refractivity contribution in [3.8, 4) is 5.75 Å². The van der Waals surface area contributed by atoms with Crippen molar-refractivity contribution in [3.63, 3.8) is 0 Å². The summed E-state index contributed by atoms with van der Waals surface area (Å²) >= 11 is 0. The van der Waals surface area contributed by atoms with Crippen LogP contribution in [0.5, 0.6) is 5.75 Å². The van der Waals surface area contributed by atoms with Crippen molar-refractivity contribution in [2.45, 2.75) is 25.9 Å². The smallest absolute Gasteiger partial charge is 0.119 e. The van der Waals surface area contributed by atoms with Crippen LogP contribution in [0.1, 0.15) is 30.6 Å². The first-order chi connectivity index (χ1) is 9.29. The van der Waals surface area contributed by atoms with E-state index >= 15 is 0 Å². The van der Waals surface area contributed by atoms with Gasteiger partial charge in [-0.3, -0.25) is 4.98 Å². The minimum atomic E-state index is -0.468. The van der Waals surface area contributed by atoms with Crippen molar-refractivity contribution in [1.29, 1.82) is 0 Å². The van der Waals surface area contributed by atoms with Crippen molar-refractivity contribution in [3.05, 3.63) is 59.9 Å². The molecule has 0 saturated carbocycles. The molecule has 3 heteroatoms. The Bertz CT molecular complexity index is 499. The largest absolute Gasteiger partial charge is 0.494 e. The van der Waals surface area contributed by atoms with E-state index in [1.165, 1.54) is 5.56 Å². The Morgan fingerprint density at radius 2 is 2.16 bits per heavy atom. The van der Waals surface area contributed by atoms with Crippen LogP contribution in [0.4, 0.5) is 0 Å². The first-order valence-electron chi connectivity index (χ1n) is 6.59. The summed E-state index contributed by atoms with van der Waals surface area (Å²) in [5.74, 6) is 0.885. The second kappa shape index (κ2) is 6.90. The summed E-state index contributed by atoms with van der Waals surface area (Å²) in [5.41, 5.74) is 2.04. The SMILES string of the molecule is CCOc1cccc(CCC(O)c2cccnc2)c1. The third-order valence-corrected chi connectivity index (χ3v) is 2.99. The highest BCUT2D eigenvalue weighted by molar-refractivity contribution is 5.28. The average Bonchev–Trinajstić information content (AvgIpc) is 2.46. The molecular weight excluding hydrogens is 238 g/mol. The molecule has 1 heterocycles. The molecular formula is C16H19NO2. The number of hydrogen-bond donors (Lipinski definition) is 1. The van der Waals surface area contributed by atoms with E-state index in [1.54, 1.807) is 12.4 Å². The highest BCUT2D eigenvalue weighted by Crippen LogP contribution is 2.20. The van der Waals surface area contributed by atoms with E-state index in [9.17, 15) is 5.11 Å². The van der Waals surface area contributed by atoms with Gasteiger partial charge < -0.3 is 9.84 Å². The molecule has 1 aromatic carbocycles. The fraction of sp³-hybridized carbons (Fsp3) is 0.312. The lowest BCUT2D eigenvalue weighted by molar-refractivity contribution is 0.167. The summed E-state index contributed by atoms with van der Waals surface area (Å²) in [6.07, 6.45) is 4.45. The monoisotopic (exact) mass is 257 g/mol. The molecule has 0 fully saturated rings. The molecule has 0 amide bonds. The van der Waals surface area contributed by atoms with Gasteiger partial charge in [0.05, 0.1) is 12.7 Å². The summed E-state index contributed by atoms with van der Waals surface area (Å²) in [7, 11) is 0. The molecule has 0 radical (unpaired) electrons. The number of aromatic nitrogens is 1. The van der Waals surface area contributed by atoms with Gasteiger partial charge in [0.1, 0.15) is 5.75 Å². The van der Waals surface area contributed by atoms with E-state index < -0.39 is 6.10 Å². The molecule has 2 rings (SSSR count). The van der Waals surface area contributed by atoms with Gasteiger partial charge in [-0.15, -0.1) is 0 Å². The zero-order valence-electron chi connectivity index (χ0n) is 11.1. The van der Waals surface area contributed by atoms with Gasteiger partial charge in [-0.2, -0.15) is 0 Å². The van der Waals surface area contributed by atoms with Crippen LogP contribution in [0.3, 0.4) is 0 Å². The van der Waals surface area contributed by atoms with Crippen LogP contribution < -0.4 is 4.74 Å². The lowest BCUT2D eigenvalue weighted by Gasteiger charge is -2.11. The van der Waals surface area contributed by atoms with E-state index in [0.717, 1.165) is 17.7 Å². The van der Waals surface area contributed by atoms with Crippen LogP contribution in [0, 0.1) is 0 Å². The van der Waals surface area contributed by atoms with Crippen LogP contribution in [0.25, 0.3) is 0 Å². The fourth-order valence-electron chi connectivity index (χ4n) is 2.00. The van der Waals surface area contributed by atoms with E-state index in [4.69, 9.17) is 4.74 Å². The number of benzene rings is 1. The lowest BCUT2D eigenvalue weighted by Crippen LogP contribution is -2.00. The number of ether oxygens (including phenoxy) is 1. The number of hydrogen-bond acceptors (Lipinski definition) is 3. The van der Waals surface area contributed by atoms with E-state index in [2.05, 4.69) is 11.1 Å². The van der Waals surface area contributed by atoms with Crippen LogP contribution >= 0.6 is 0 Å². The number of rotatable bonds is 6. The first kappa shape index (κ1) is 13.6. The van der Waals surface area contributed by atoms with Crippen molar-refractivity contribution < 1.29 is 9.84 Å². The Hall–Kier alpha value is -1.87. The van der Waals surface area contributed by atoms with Gasteiger partial charge in [0.25, 0.3) is 0 Å². The molecule has 3 nitrogen and oxygen atoms in total. The molecule has 100 valence electrons. The van der Waals surface area contributed by atoms with Crippen LogP contribution in [0.2, 0.25) is 0 Å². The molecule has 0 saturated heterocycles. The molecule has 2 aromatic rings. The molecule has 1 unspecified atom stereocenters. The Morgan fingerprint density at radius 3 is 2.89 bits per heavy atom. The highest BCUT2D eigenvalue weighted by atomic mass is 16.5. The van der Waals surface area contributed by atoms with Gasteiger partial charge in [-0.25, -0.2) is 0 Å². The third kappa shape index (κ3) is 4.07. The van der Waals surface area contributed by atoms with Crippen LogP contribution in [-0.4, -0.2) is 16.7 Å². The van der Waals surface area contributed by atoms with E-state index in [0.29, 0.717) is 13.0 Å². The summed E-state index contributed by atoms with van der Waals surface area (Å²) in [4.78, 5) is 4.02. The quantitative estimate of drug-likeness (QED) is 0.864. The van der Waals surface area contributed by atoms with Crippen LogP contribution in [0.15, 0.2) is 48.8 Å². The standard InChI is InChI=1S/C16H19NO2/c1-2-19-15-7-3-5-13(11-15)8-9-16(18)14-6-4-10-17-12-14/h3-7,10-12,16,18H,2,8-9H2,1H3. The molecule has 1 atom stereocenters. The van der Waals surface area contributed by atoms with Crippen molar-refractivity contribution in [2.24, 2.45) is 0 Å². The van der Waals surface area contributed by atoms with Gasteiger partial charge in [0, 0.05) is 12.4 Å². The zero-order valence-corrected chi connectivity index (χ0v) is 11.1. The maximum absolute atomic E-state index is 10.1. The van der Waals surface area contributed by atoms with Gasteiger partial charge in [-0.05, 0) is 49.1 Å². The highest BCUT2D eigenvalue weighted by Gasteiger charge is 2.07. The minimum Gasteiger partial charge on any atom is -0.494 e. The second-order valence-corrected chi connectivity index (χ2v) is 4.42. The summed E-state index contributed by atoms with van der Waals surface area (Å²) in [6, 6.07) is 11.8. The molecule has 0 spiro atoms. The number of nitrogens with zero attached hydrogens (tertiary/aromatic N) is 1. The predicted molar refractivity (Wildman–Crippen MR) is 75.1 cm³/mol. The molecule has 19 heavy (non-hydrogen) atoms.